The van der Waals surface area contributed by atoms with Gasteiger partial charge < -0.3 is 24.8 Å². The summed E-state index contributed by atoms with van der Waals surface area (Å²) in [6.45, 7) is 8.67. The van der Waals surface area contributed by atoms with E-state index in [0.717, 1.165) is 62.8 Å². The van der Waals surface area contributed by atoms with E-state index in [-0.39, 0.29) is 30.1 Å². The molecule has 1 aromatic carbocycles. The number of halogens is 1. The molecule has 0 amide bonds. The molecule has 0 aliphatic carbocycles. The van der Waals surface area contributed by atoms with Crippen molar-refractivity contribution >= 4 is 29.9 Å². The van der Waals surface area contributed by atoms with Crippen molar-refractivity contribution in [2.24, 2.45) is 4.99 Å². The Bertz CT molecular complexity index is 600. The van der Waals surface area contributed by atoms with Crippen molar-refractivity contribution in [3.63, 3.8) is 0 Å². The van der Waals surface area contributed by atoms with Crippen LogP contribution in [0.4, 0.5) is 0 Å². The molecule has 2 heterocycles. The van der Waals surface area contributed by atoms with Crippen molar-refractivity contribution in [2.75, 3.05) is 32.9 Å². The van der Waals surface area contributed by atoms with Crippen molar-refractivity contribution in [1.29, 1.82) is 0 Å². The SMILES string of the molecule is CCNC(=NCc1ccc(C)cc1OC1CCOC1)NCC1CCCO1.I. The third-order valence-electron chi connectivity index (χ3n) is 4.68. The molecule has 1 aromatic rings. The van der Waals surface area contributed by atoms with Crippen molar-refractivity contribution in [2.45, 2.75) is 51.9 Å². The summed E-state index contributed by atoms with van der Waals surface area (Å²) in [4.78, 5) is 4.74. The van der Waals surface area contributed by atoms with Gasteiger partial charge in [0.05, 0.1) is 25.9 Å². The van der Waals surface area contributed by atoms with Gasteiger partial charge in [0.2, 0.25) is 0 Å². The first-order valence-corrected chi connectivity index (χ1v) is 9.72. The molecule has 2 fully saturated rings. The van der Waals surface area contributed by atoms with Crippen molar-refractivity contribution in [3.05, 3.63) is 29.3 Å². The summed E-state index contributed by atoms with van der Waals surface area (Å²) < 4.78 is 17.3. The minimum Gasteiger partial charge on any atom is -0.488 e. The monoisotopic (exact) mass is 489 g/mol. The maximum absolute atomic E-state index is 6.17. The summed E-state index contributed by atoms with van der Waals surface area (Å²) in [7, 11) is 0. The van der Waals surface area contributed by atoms with Crippen LogP contribution in [0.2, 0.25) is 0 Å². The number of ether oxygens (including phenoxy) is 3. The van der Waals surface area contributed by atoms with Crippen LogP contribution in [0, 0.1) is 6.92 Å². The maximum Gasteiger partial charge on any atom is 0.191 e. The van der Waals surface area contributed by atoms with E-state index >= 15 is 0 Å². The van der Waals surface area contributed by atoms with Gasteiger partial charge in [-0.1, -0.05) is 12.1 Å². The smallest absolute Gasteiger partial charge is 0.191 e. The number of nitrogens with one attached hydrogen (secondary N) is 2. The van der Waals surface area contributed by atoms with Gasteiger partial charge in [-0.25, -0.2) is 4.99 Å². The van der Waals surface area contributed by atoms with Crippen molar-refractivity contribution in [3.8, 4) is 5.75 Å². The average molecular weight is 489 g/mol. The van der Waals surface area contributed by atoms with Crippen molar-refractivity contribution < 1.29 is 14.2 Å². The van der Waals surface area contributed by atoms with Gasteiger partial charge in [0.15, 0.2) is 5.96 Å². The number of hydrogen-bond acceptors (Lipinski definition) is 4. The maximum atomic E-state index is 6.17. The topological polar surface area (TPSA) is 64.1 Å². The van der Waals surface area contributed by atoms with E-state index in [1.165, 1.54) is 5.56 Å². The molecule has 3 rings (SSSR count). The molecular formula is C20H32IN3O3. The number of aliphatic imine (C=N–C) groups is 1. The van der Waals surface area contributed by atoms with Gasteiger partial charge in [-0.3, -0.25) is 0 Å². The van der Waals surface area contributed by atoms with Gasteiger partial charge in [0, 0.05) is 31.7 Å². The van der Waals surface area contributed by atoms with Crippen LogP contribution in [0.1, 0.15) is 37.3 Å². The predicted octanol–water partition coefficient (Wildman–Crippen LogP) is 3.01. The zero-order valence-electron chi connectivity index (χ0n) is 16.3. The lowest BCUT2D eigenvalue weighted by Crippen LogP contribution is -2.41. The molecule has 0 radical (unpaired) electrons. The first kappa shape index (κ1) is 22.2. The third kappa shape index (κ3) is 7.12. The van der Waals surface area contributed by atoms with Crippen LogP contribution in [0.15, 0.2) is 23.2 Å². The second-order valence-electron chi connectivity index (χ2n) is 6.93. The summed E-state index contributed by atoms with van der Waals surface area (Å²) in [5, 5.41) is 6.69. The van der Waals surface area contributed by atoms with Gasteiger partial charge >= 0.3 is 0 Å². The van der Waals surface area contributed by atoms with E-state index in [1.54, 1.807) is 0 Å². The van der Waals surface area contributed by atoms with Crippen LogP contribution in [-0.2, 0) is 16.0 Å². The number of hydrogen-bond donors (Lipinski definition) is 2. The molecule has 7 heteroatoms. The van der Waals surface area contributed by atoms with Crippen molar-refractivity contribution in [1.82, 2.24) is 10.6 Å². The molecule has 0 bridgehead atoms. The predicted molar refractivity (Wildman–Crippen MR) is 118 cm³/mol. The number of guanidine groups is 1. The minimum absolute atomic E-state index is 0. The quantitative estimate of drug-likeness (QED) is 0.350. The molecule has 0 aromatic heterocycles. The molecule has 0 saturated carbocycles. The fourth-order valence-electron chi connectivity index (χ4n) is 3.21. The van der Waals surface area contributed by atoms with Gasteiger partial charge in [0.25, 0.3) is 0 Å². The highest BCUT2D eigenvalue weighted by atomic mass is 127. The van der Waals surface area contributed by atoms with E-state index in [4.69, 9.17) is 19.2 Å². The Morgan fingerprint density at radius 2 is 2.15 bits per heavy atom. The molecule has 2 saturated heterocycles. The Kier molecular flexibility index (Phi) is 9.64. The second-order valence-corrected chi connectivity index (χ2v) is 6.93. The fourth-order valence-corrected chi connectivity index (χ4v) is 3.21. The Hall–Kier alpha value is -1.06. The zero-order chi connectivity index (χ0) is 18.2. The minimum atomic E-state index is 0. The lowest BCUT2D eigenvalue weighted by atomic mass is 10.1. The van der Waals surface area contributed by atoms with E-state index < -0.39 is 0 Å². The normalized spacial score (nSPS) is 22.4. The Balaban J connectivity index is 0.00000261. The van der Waals surface area contributed by atoms with Gasteiger partial charge in [0.1, 0.15) is 11.9 Å². The molecule has 2 atom stereocenters. The first-order valence-electron chi connectivity index (χ1n) is 9.72. The molecular weight excluding hydrogens is 457 g/mol. The van der Waals surface area contributed by atoms with Crippen LogP contribution < -0.4 is 15.4 Å². The number of aryl methyl sites for hydroxylation is 1. The molecule has 27 heavy (non-hydrogen) atoms. The fraction of sp³-hybridized carbons (Fsp3) is 0.650. The van der Waals surface area contributed by atoms with Crippen LogP contribution in [0.25, 0.3) is 0 Å². The molecule has 2 aliphatic rings. The van der Waals surface area contributed by atoms with Crippen LogP contribution in [-0.4, -0.2) is 51.1 Å². The summed E-state index contributed by atoms with van der Waals surface area (Å²) in [6.07, 6.45) is 3.65. The van der Waals surface area contributed by atoms with E-state index in [1.807, 2.05) is 0 Å². The second kappa shape index (κ2) is 11.7. The van der Waals surface area contributed by atoms with E-state index in [0.29, 0.717) is 19.3 Å². The Morgan fingerprint density at radius 3 is 2.85 bits per heavy atom. The highest BCUT2D eigenvalue weighted by Crippen LogP contribution is 2.24. The molecule has 6 nitrogen and oxygen atoms in total. The summed E-state index contributed by atoms with van der Waals surface area (Å²) >= 11 is 0. The highest BCUT2D eigenvalue weighted by molar-refractivity contribution is 14.0. The largest absolute Gasteiger partial charge is 0.488 e. The number of benzene rings is 1. The number of nitrogens with zero attached hydrogens (tertiary/aromatic N) is 1. The first-order chi connectivity index (χ1) is 12.7. The summed E-state index contributed by atoms with van der Waals surface area (Å²) in [5.74, 6) is 1.73. The Morgan fingerprint density at radius 1 is 1.26 bits per heavy atom. The van der Waals surface area contributed by atoms with Gasteiger partial charge in [-0.15, -0.1) is 24.0 Å². The molecule has 0 spiro atoms. The molecule has 2 N–H and O–H groups in total. The van der Waals surface area contributed by atoms with Crippen LogP contribution in [0.3, 0.4) is 0 Å². The van der Waals surface area contributed by atoms with Crippen LogP contribution >= 0.6 is 24.0 Å². The lowest BCUT2D eigenvalue weighted by molar-refractivity contribution is 0.114. The summed E-state index contributed by atoms with van der Waals surface area (Å²) in [5.41, 5.74) is 2.28. The highest BCUT2D eigenvalue weighted by Gasteiger charge is 2.19. The lowest BCUT2D eigenvalue weighted by Gasteiger charge is -2.17. The standard InChI is InChI=1S/C20H31N3O3.HI/c1-3-21-20(23-13-17-5-4-9-25-17)22-12-16-7-6-15(2)11-19(16)26-18-8-10-24-14-18;/h6-7,11,17-18H,3-5,8-10,12-14H2,1-2H3,(H2,21,22,23);1H. The molecule has 2 aliphatic heterocycles. The van der Waals surface area contributed by atoms with E-state index in [2.05, 4.69) is 42.7 Å². The molecule has 2 unspecified atom stereocenters. The van der Waals surface area contributed by atoms with Gasteiger partial charge in [-0.05, 0) is 38.3 Å². The summed E-state index contributed by atoms with van der Waals surface area (Å²) in [6, 6.07) is 6.30. The van der Waals surface area contributed by atoms with E-state index in [9.17, 15) is 0 Å². The Labute approximate surface area is 179 Å². The van der Waals surface area contributed by atoms with Gasteiger partial charge in [-0.2, -0.15) is 0 Å². The molecule has 152 valence electrons. The average Bonchev–Trinajstić information content (AvgIpc) is 3.32. The zero-order valence-corrected chi connectivity index (χ0v) is 18.7. The third-order valence-corrected chi connectivity index (χ3v) is 4.68. The number of rotatable bonds is 7. The van der Waals surface area contributed by atoms with Crippen LogP contribution in [0.5, 0.6) is 5.75 Å².